The number of benzene rings is 8. The van der Waals surface area contributed by atoms with Crippen LogP contribution in [0.3, 0.4) is 0 Å². The lowest BCUT2D eigenvalue weighted by molar-refractivity contribution is -0.142. The van der Waals surface area contributed by atoms with Crippen LogP contribution < -0.4 is 0 Å². The summed E-state index contributed by atoms with van der Waals surface area (Å²) < 4.78 is 92.8. The molecule has 0 radical (unpaired) electrons. The van der Waals surface area contributed by atoms with E-state index in [1.807, 2.05) is 24.3 Å². The molecule has 0 aliphatic carbocycles. The molecule has 13 heteroatoms. The number of alkyl halides is 6. The van der Waals surface area contributed by atoms with E-state index in [9.17, 15) is 39.5 Å². The molecule has 2 aromatic heterocycles. The zero-order valence-corrected chi connectivity index (χ0v) is 34.8. The lowest BCUT2D eigenvalue weighted by Crippen LogP contribution is -2.14. The molecule has 0 aliphatic rings. The fraction of sp³-hybridized carbons (Fsp3) is 0.0364. The van der Waals surface area contributed by atoms with E-state index in [2.05, 4.69) is 30.3 Å². The lowest BCUT2D eigenvalue weighted by Gasteiger charge is -2.24. The molecule has 0 N–H and O–H groups in total. The molecule has 0 aliphatic heterocycles. The summed E-state index contributed by atoms with van der Waals surface area (Å²) in [6.45, 7) is 0. The monoisotopic (exact) mass is 897 g/mol. The maximum Gasteiger partial charge on any atom is 0.417 e. The van der Waals surface area contributed by atoms with Crippen LogP contribution >= 0.6 is 0 Å². The Bertz CT molecular complexity index is 3750. The van der Waals surface area contributed by atoms with Gasteiger partial charge in [0.15, 0.2) is 0 Å². The topological polar surface area (TPSA) is 129 Å². The zero-order chi connectivity index (χ0) is 47.6. The van der Waals surface area contributed by atoms with Gasteiger partial charge in [0, 0.05) is 27.1 Å². The first-order chi connectivity index (χ1) is 32.7. The van der Waals surface area contributed by atoms with E-state index in [-0.39, 0.29) is 50.8 Å². The van der Waals surface area contributed by atoms with Gasteiger partial charge < -0.3 is 9.13 Å². The number of halogens is 6. The maximum atomic E-state index is 15.5. The van der Waals surface area contributed by atoms with E-state index in [4.69, 9.17) is 0 Å². The summed E-state index contributed by atoms with van der Waals surface area (Å²) in [5.74, 6) is 0. The number of nitriles is 5. The van der Waals surface area contributed by atoms with Crippen molar-refractivity contribution >= 4 is 43.6 Å². The van der Waals surface area contributed by atoms with Crippen molar-refractivity contribution in [2.24, 2.45) is 0 Å². The predicted molar refractivity (Wildman–Crippen MR) is 245 cm³/mol. The summed E-state index contributed by atoms with van der Waals surface area (Å²) in [6, 6.07) is 49.1. The smallest absolute Gasteiger partial charge is 0.308 e. The lowest BCUT2D eigenvalue weighted by atomic mass is 9.92. The van der Waals surface area contributed by atoms with E-state index in [1.54, 1.807) is 94.1 Å². The number of hydrogen-bond acceptors (Lipinski definition) is 5. The van der Waals surface area contributed by atoms with Crippen molar-refractivity contribution in [3.05, 3.63) is 191 Å². The number of aromatic nitrogens is 2. The molecule has 0 atom stereocenters. The van der Waals surface area contributed by atoms with Crippen LogP contribution in [0.15, 0.2) is 152 Å². The molecular weight excluding hydrogens is 873 g/mol. The molecule has 8 aromatic carbocycles. The Morgan fingerprint density at radius 1 is 0.353 bits per heavy atom. The van der Waals surface area contributed by atoms with Gasteiger partial charge in [-0.1, -0.05) is 54.6 Å². The minimum Gasteiger partial charge on any atom is -0.308 e. The molecule has 0 saturated carbocycles. The molecule has 0 spiro atoms. The molecule has 0 unspecified atom stereocenters. The third-order valence-corrected chi connectivity index (χ3v) is 12.0. The highest BCUT2D eigenvalue weighted by Crippen LogP contribution is 2.48. The van der Waals surface area contributed by atoms with Crippen LogP contribution in [0.25, 0.3) is 88.4 Å². The minimum absolute atomic E-state index is 0.0269. The Hall–Kier alpha value is -9.61. The quantitative estimate of drug-likeness (QED) is 0.159. The number of hydrogen-bond donors (Lipinski definition) is 0. The summed E-state index contributed by atoms with van der Waals surface area (Å²) in [4.78, 5) is 0. The molecule has 0 bridgehead atoms. The van der Waals surface area contributed by atoms with Gasteiger partial charge >= 0.3 is 12.4 Å². The van der Waals surface area contributed by atoms with E-state index in [0.717, 1.165) is 6.07 Å². The second-order valence-corrected chi connectivity index (χ2v) is 16.0. The van der Waals surface area contributed by atoms with Crippen LogP contribution in [0, 0.1) is 56.7 Å². The van der Waals surface area contributed by atoms with Crippen molar-refractivity contribution in [1.29, 1.82) is 26.3 Å². The fourth-order valence-electron chi connectivity index (χ4n) is 9.15. The van der Waals surface area contributed by atoms with Crippen molar-refractivity contribution in [3.8, 4) is 75.1 Å². The van der Waals surface area contributed by atoms with Gasteiger partial charge in [-0.25, -0.2) is 0 Å². The predicted octanol–water partition coefficient (Wildman–Crippen LogP) is 14.3. The van der Waals surface area contributed by atoms with E-state index in [0.29, 0.717) is 71.9 Å². The summed E-state index contributed by atoms with van der Waals surface area (Å²) in [5.41, 5.74) is 1.69. The number of para-hydroxylation sites is 2. The summed E-state index contributed by atoms with van der Waals surface area (Å²) in [6.07, 6.45) is -10.4. The Labute approximate surface area is 382 Å². The van der Waals surface area contributed by atoms with Crippen molar-refractivity contribution < 1.29 is 26.3 Å². The number of nitrogens with zero attached hydrogens (tertiary/aromatic N) is 7. The fourth-order valence-corrected chi connectivity index (χ4v) is 9.15. The van der Waals surface area contributed by atoms with Crippen LogP contribution in [0.1, 0.15) is 38.9 Å². The Balaban J connectivity index is 1.35. The summed E-state index contributed by atoms with van der Waals surface area (Å²) in [7, 11) is 0. The first-order valence-electron chi connectivity index (χ1n) is 20.6. The Morgan fingerprint density at radius 2 is 0.750 bits per heavy atom. The van der Waals surface area contributed by atoms with Crippen LogP contribution in [0.4, 0.5) is 26.3 Å². The molecule has 10 rings (SSSR count). The van der Waals surface area contributed by atoms with E-state index >= 15 is 13.2 Å². The molecule has 0 saturated heterocycles. The first kappa shape index (κ1) is 42.3. The third kappa shape index (κ3) is 6.98. The number of rotatable bonds is 5. The number of fused-ring (bicyclic) bond motifs is 6. The van der Waals surface area contributed by atoms with Gasteiger partial charge in [0.1, 0.15) is 0 Å². The molecular formula is C55H25F6N7. The van der Waals surface area contributed by atoms with Gasteiger partial charge in [-0.05, 0) is 125 Å². The van der Waals surface area contributed by atoms with Crippen LogP contribution in [0.2, 0.25) is 0 Å². The molecule has 2 heterocycles. The molecule has 10 aromatic rings. The highest BCUT2D eigenvalue weighted by Gasteiger charge is 2.40. The Kier molecular flexibility index (Phi) is 9.85. The zero-order valence-electron chi connectivity index (χ0n) is 34.8. The second-order valence-electron chi connectivity index (χ2n) is 16.0. The van der Waals surface area contributed by atoms with Gasteiger partial charge in [-0.3, -0.25) is 0 Å². The summed E-state index contributed by atoms with van der Waals surface area (Å²) >= 11 is 0. The molecule has 322 valence electrons. The van der Waals surface area contributed by atoms with Gasteiger partial charge in [-0.2, -0.15) is 52.7 Å². The van der Waals surface area contributed by atoms with Crippen molar-refractivity contribution in [3.63, 3.8) is 0 Å². The average Bonchev–Trinajstić information content (AvgIpc) is 3.86. The Morgan fingerprint density at radius 3 is 1.15 bits per heavy atom. The molecule has 68 heavy (non-hydrogen) atoms. The van der Waals surface area contributed by atoms with E-state index in [1.165, 1.54) is 24.3 Å². The van der Waals surface area contributed by atoms with Crippen LogP contribution in [-0.4, -0.2) is 9.13 Å². The second kappa shape index (κ2) is 15.8. The largest absolute Gasteiger partial charge is 0.417 e. The van der Waals surface area contributed by atoms with Gasteiger partial charge in [0.05, 0.1) is 103 Å². The van der Waals surface area contributed by atoms with Crippen molar-refractivity contribution in [2.45, 2.75) is 12.4 Å². The van der Waals surface area contributed by atoms with Crippen molar-refractivity contribution in [2.75, 3.05) is 0 Å². The van der Waals surface area contributed by atoms with Crippen molar-refractivity contribution in [1.82, 2.24) is 9.13 Å². The van der Waals surface area contributed by atoms with Crippen LogP contribution in [0.5, 0.6) is 0 Å². The van der Waals surface area contributed by atoms with Crippen LogP contribution in [-0.2, 0) is 12.4 Å². The maximum absolute atomic E-state index is 15.5. The summed E-state index contributed by atoms with van der Waals surface area (Å²) in [5, 5.41) is 52.2. The van der Waals surface area contributed by atoms with Gasteiger partial charge in [0.2, 0.25) is 0 Å². The molecule has 7 nitrogen and oxygen atoms in total. The molecule has 0 fully saturated rings. The third-order valence-electron chi connectivity index (χ3n) is 12.0. The first-order valence-corrected chi connectivity index (χ1v) is 20.6. The average molecular weight is 898 g/mol. The minimum atomic E-state index is -5.30. The van der Waals surface area contributed by atoms with E-state index < -0.39 is 29.0 Å². The SMILES string of the molecule is N#Cc1cc(C#N)cc(-c2ccc3c(c2)c2ccccc2n3-c2cc(C#N)cc(-n3c4ccccc4c4cc(-c5cc(C#N)cc(C#N)c5)ccc43)c2-c2ccc(C(F)(F)F)cc2C(F)(F)F)c1. The normalized spacial score (nSPS) is 11.6. The highest BCUT2D eigenvalue weighted by atomic mass is 19.4. The highest BCUT2D eigenvalue weighted by molar-refractivity contribution is 6.13. The molecule has 0 amide bonds. The van der Waals surface area contributed by atoms with Gasteiger partial charge in [-0.15, -0.1) is 0 Å². The standard InChI is InChI=1S/C55H25F6N7/c56-54(57,58)40-11-12-43(46(25-40)55(59,60)61)53-51(67-47-7-3-1-5-41(47)44-23-36(9-13-49(44)67)38-17-31(26-62)15-32(18-38)27-63)21-35(30-66)22-52(53)68-48-8-4-2-6-42(48)45-24-37(10-14-50(45)68)39-19-33(28-64)16-34(20-39)29-65/h1-25H. The van der Waals surface area contributed by atoms with Gasteiger partial charge in [0.25, 0.3) is 0 Å².